The normalized spacial score (nSPS) is 16.8. The zero-order chi connectivity index (χ0) is 17.1. The van der Waals surface area contributed by atoms with E-state index >= 15 is 0 Å². The number of hydrogen-bond acceptors (Lipinski definition) is 6. The van der Waals surface area contributed by atoms with Gasteiger partial charge in [0.25, 0.3) is 5.91 Å². The number of nitrogens with one attached hydrogen (secondary N) is 1. The van der Waals surface area contributed by atoms with Crippen molar-refractivity contribution >= 4 is 11.9 Å². The Labute approximate surface area is 144 Å². The average Bonchev–Trinajstić information content (AvgIpc) is 3.35. The highest BCUT2D eigenvalue weighted by Crippen LogP contribution is 2.21. The molecule has 1 unspecified atom stereocenters. The molecule has 7 heteroatoms. The molecule has 4 rings (SSSR count). The Bertz CT molecular complexity index is 851. The molecule has 0 saturated carbocycles. The van der Waals surface area contributed by atoms with Crippen LogP contribution in [0.25, 0.3) is 11.3 Å². The lowest BCUT2D eigenvalue weighted by atomic mass is 10.1. The lowest BCUT2D eigenvalue weighted by Crippen LogP contribution is -2.37. The summed E-state index contributed by atoms with van der Waals surface area (Å²) < 4.78 is 4.88. The van der Waals surface area contributed by atoms with Crippen LogP contribution in [0.1, 0.15) is 17.0 Å². The molecular weight excluding hydrogens is 318 g/mol. The van der Waals surface area contributed by atoms with E-state index in [9.17, 15) is 4.79 Å². The first kappa shape index (κ1) is 15.3. The van der Waals surface area contributed by atoms with Crippen molar-refractivity contribution in [1.29, 1.82) is 0 Å². The van der Waals surface area contributed by atoms with Gasteiger partial charge < -0.3 is 14.7 Å². The molecule has 0 spiro atoms. The highest BCUT2D eigenvalue weighted by atomic mass is 16.5. The summed E-state index contributed by atoms with van der Waals surface area (Å²) in [6.45, 7) is 1.46. The van der Waals surface area contributed by atoms with Crippen LogP contribution in [0, 0.1) is 0 Å². The SMILES string of the molecule is O=C(NC1CCN(c2nccc(-c3ccccc3)n2)C1)c1ccno1. The molecule has 1 saturated heterocycles. The van der Waals surface area contributed by atoms with E-state index in [1.807, 2.05) is 36.4 Å². The maximum atomic E-state index is 12.0. The molecule has 3 aromatic rings. The number of aromatic nitrogens is 3. The van der Waals surface area contributed by atoms with E-state index in [0.717, 1.165) is 24.2 Å². The van der Waals surface area contributed by atoms with E-state index in [1.165, 1.54) is 6.20 Å². The van der Waals surface area contributed by atoms with E-state index in [0.29, 0.717) is 12.5 Å². The Morgan fingerprint density at radius 2 is 2.04 bits per heavy atom. The van der Waals surface area contributed by atoms with Gasteiger partial charge in [-0.2, -0.15) is 0 Å². The summed E-state index contributed by atoms with van der Waals surface area (Å²) in [5, 5.41) is 6.51. The second-order valence-electron chi connectivity index (χ2n) is 5.89. The van der Waals surface area contributed by atoms with E-state index in [4.69, 9.17) is 4.52 Å². The summed E-state index contributed by atoms with van der Waals surface area (Å²) in [7, 11) is 0. The summed E-state index contributed by atoms with van der Waals surface area (Å²) >= 11 is 0. The third-order valence-electron chi connectivity index (χ3n) is 4.18. The monoisotopic (exact) mass is 335 g/mol. The molecule has 3 heterocycles. The minimum atomic E-state index is -0.247. The van der Waals surface area contributed by atoms with Crippen molar-refractivity contribution in [2.75, 3.05) is 18.0 Å². The van der Waals surface area contributed by atoms with Crippen molar-refractivity contribution in [3.63, 3.8) is 0 Å². The number of nitrogens with zero attached hydrogens (tertiary/aromatic N) is 4. The van der Waals surface area contributed by atoms with Gasteiger partial charge in [0.15, 0.2) is 0 Å². The van der Waals surface area contributed by atoms with Gasteiger partial charge in [0, 0.05) is 37.0 Å². The third kappa shape index (κ3) is 3.35. The van der Waals surface area contributed by atoms with Crippen LogP contribution in [0.15, 0.2) is 59.4 Å². The summed E-state index contributed by atoms with van der Waals surface area (Å²) in [5.74, 6) is 0.654. The highest BCUT2D eigenvalue weighted by molar-refractivity contribution is 5.91. The molecule has 25 heavy (non-hydrogen) atoms. The molecule has 1 N–H and O–H groups in total. The first-order valence-corrected chi connectivity index (χ1v) is 8.14. The molecule has 1 atom stereocenters. The number of carbonyl (C=O) groups is 1. The van der Waals surface area contributed by atoms with E-state index in [-0.39, 0.29) is 17.7 Å². The van der Waals surface area contributed by atoms with Gasteiger partial charge in [0.2, 0.25) is 11.7 Å². The first-order valence-electron chi connectivity index (χ1n) is 8.14. The molecule has 1 amide bonds. The smallest absolute Gasteiger partial charge is 0.290 e. The molecule has 1 aliphatic rings. The van der Waals surface area contributed by atoms with Gasteiger partial charge in [-0.05, 0) is 12.5 Å². The summed E-state index contributed by atoms with van der Waals surface area (Å²) in [5.41, 5.74) is 1.94. The first-order chi connectivity index (χ1) is 12.3. The van der Waals surface area contributed by atoms with Crippen molar-refractivity contribution in [2.24, 2.45) is 0 Å². The maximum Gasteiger partial charge on any atom is 0.290 e. The largest absolute Gasteiger partial charge is 0.351 e. The Balaban J connectivity index is 1.44. The van der Waals surface area contributed by atoms with E-state index < -0.39 is 0 Å². The van der Waals surface area contributed by atoms with Crippen LogP contribution in [0.5, 0.6) is 0 Å². The van der Waals surface area contributed by atoms with Gasteiger partial charge in [0.05, 0.1) is 11.9 Å². The predicted octanol–water partition coefficient (Wildman–Crippen LogP) is 2.14. The van der Waals surface area contributed by atoms with Crippen LogP contribution in [0.2, 0.25) is 0 Å². The fraction of sp³-hybridized carbons (Fsp3) is 0.222. The topological polar surface area (TPSA) is 84.2 Å². The maximum absolute atomic E-state index is 12.0. The molecule has 0 aliphatic carbocycles. The lowest BCUT2D eigenvalue weighted by molar-refractivity contribution is 0.0903. The third-order valence-corrected chi connectivity index (χ3v) is 4.18. The standard InChI is InChI=1S/C18H17N5O2/c24-17(16-7-10-20-25-16)21-14-8-11-23(12-14)18-19-9-6-15(22-18)13-4-2-1-3-5-13/h1-7,9-10,14H,8,11-12H2,(H,21,24). The Hall–Kier alpha value is -3.22. The van der Waals surface area contributed by atoms with Gasteiger partial charge in [-0.1, -0.05) is 35.5 Å². The molecule has 1 fully saturated rings. The number of rotatable bonds is 4. The van der Waals surface area contributed by atoms with Crippen molar-refractivity contribution in [3.05, 3.63) is 60.6 Å². The van der Waals surface area contributed by atoms with Crippen LogP contribution in [-0.4, -0.2) is 40.2 Å². The molecular formula is C18H17N5O2. The minimum absolute atomic E-state index is 0.0292. The van der Waals surface area contributed by atoms with Gasteiger partial charge >= 0.3 is 0 Å². The molecule has 126 valence electrons. The molecule has 0 radical (unpaired) electrons. The van der Waals surface area contributed by atoms with Gasteiger partial charge in [-0.25, -0.2) is 9.97 Å². The second kappa shape index (κ2) is 6.72. The van der Waals surface area contributed by atoms with Crippen molar-refractivity contribution < 1.29 is 9.32 Å². The van der Waals surface area contributed by atoms with Crippen LogP contribution < -0.4 is 10.2 Å². The van der Waals surface area contributed by atoms with Crippen molar-refractivity contribution in [2.45, 2.75) is 12.5 Å². The zero-order valence-electron chi connectivity index (χ0n) is 13.5. The Morgan fingerprint density at radius 1 is 1.16 bits per heavy atom. The number of anilines is 1. The van der Waals surface area contributed by atoms with E-state index in [1.54, 1.807) is 12.3 Å². The summed E-state index contributed by atoms with van der Waals surface area (Å²) in [4.78, 5) is 23.2. The highest BCUT2D eigenvalue weighted by Gasteiger charge is 2.26. The molecule has 2 aromatic heterocycles. The molecule has 1 aromatic carbocycles. The fourth-order valence-electron chi connectivity index (χ4n) is 2.92. The van der Waals surface area contributed by atoms with Gasteiger partial charge in [0.1, 0.15) is 0 Å². The Kier molecular flexibility index (Phi) is 4.12. The van der Waals surface area contributed by atoms with Gasteiger partial charge in [-0.15, -0.1) is 0 Å². The predicted molar refractivity (Wildman–Crippen MR) is 92.1 cm³/mol. The lowest BCUT2D eigenvalue weighted by Gasteiger charge is -2.17. The zero-order valence-corrected chi connectivity index (χ0v) is 13.5. The van der Waals surface area contributed by atoms with Crippen molar-refractivity contribution in [3.8, 4) is 11.3 Å². The van der Waals surface area contributed by atoms with Crippen LogP contribution in [0.4, 0.5) is 5.95 Å². The fourth-order valence-corrected chi connectivity index (χ4v) is 2.92. The van der Waals surface area contributed by atoms with Crippen molar-refractivity contribution in [1.82, 2.24) is 20.4 Å². The molecule has 0 bridgehead atoms. The quantitative estimate of drug-likeness (QED) is 0.786. The average molecular weight is 335 g/mol. The van der Waals surface area contributed by atoms with Gasteiger partial charge in [-0.3, -0.25) is 4.79 Å². The minimum Gasteiger partial charge on any atom is -0.351 e. The number of hydrogen-bond donors (Lipinski definition) is 1. The molecule has 7 nitrogen and oxygen atoms in total. The van der Waals surface area contributed by atoms with E-state index in [2.05, 4.69) is 25.3 Å². The number of carbonyl (C=O) groups excluding carboxylic acids is 1. The summed E-state index contributed by atoms with van der Waals surface area (Å²) in [6, 6.07) is 13.5. The summed E-state index contributed by atoms with van der Waals surface area (Å²) in [6.07, 6.45) is 4.06. The second-order valence-corrected chi connectivity index (χ2v) is 5.89. The molecule has 1 aliphatic heterocycles. The Morgan fingerprint density at radius 3 is 2.84 bits per heavy atom. The number of benzene rings is 1. The number of amides is 1. The van der Waals surface area contributed by atoms with Crippen LogP contribution in [0.3, 0.4) is 0 Å². The van der Waals surface area contributed by atoms with Crippen LogP contribution >= 0.6 is 0 Å². The van der Waals surface area contributed by atoms with Crippen LogP contribution in [-0.2, 0) is 0 Å².